The minimum absolute atomic E-state index is 0.0200. The topological polar surface area (TPSA) is 41.1 Å². The van der Waals surface area contributed by atoms with Crippen molar-refractivity contribution in [2.45, 2.75) is 13.0 Å². The fourth-order valence-electron chi connectivity index (χ4n) is 1.25. The first kappa shape index (κ1) is 10.7. The summed E-state index contributed by atoms with van der Waals surface area (Å²) in [7, 11) is 1.87. The molecule has 1 unspecified atom stereocenters. The Labute approximate surface area is 84.5 Å². The minimum atomic E-state index is -0.0200. The van der Waals surface area contributed by atoms with E-state index in [0.29, 0.717) is 5.56 Å². The molecule has 0 saturated heterocycles. The molecule has 0 radical (unpaired) electrons. The SMILES string of the molecule is CNCC(C)NC(=O)c1ccccc1. The molecule has 3 heteroatoms. The first-order valence-corrected chi connectivity index (χ1v) is 4.74. The largest absolute Gasteiger partial charge is 0.348 e. The molecule has 0 spiro atoms. The van der Waals surface area contributed by atoms with E-state index in [4.69, 9.17) is 0 Å². The number of hydrogen-bond acceptors (Lipinski definition) is 2. The molecule has 3 nitrogen and oxygen atoms in total. The second-order valence-electron chi connectivity index (χ2n) is 3.30. The molecular formula is C11H16N2O. The minimum Gasteiger partial charge on any atom is -0.348 e. The van der Waals surface area contributed by atoms with Crippen LogP contribution < -0.4 is 10.6 Å². The number of likely N-dealkylation sites (N-methyl/N-ethyl adjacent to an activating group) is 1. The highest BCUT2D eigenvalue weighted by Gasteiger charge is 2.07. The van der Waals surface area contributed by atoms with Crippen LogP contribution in [0.15, 0.2) is 30.3 Å². The molecule has 1 atom stereocenters. The van der Waals surface area contributed by atoms with Crippen LogP contribution in [0, 0.1) is 0 Å². The summed E-state index contributed by atoms with van der Waals surface area (Å²) in [4.78, 5) is 11.6. The van der Waals surface area contributed by atoms with Gasteiger partial charge in [-0.15, -0.1) is 0 Å². The van der Waals surface area contributed by atoms with E-state index in [1.165, 1.54) is 0 Å². The van der Waals surface area contributed by atoms with Crippen LogP contribution in [0.1, 0.15) is 17.3 Å². The highest BCUT2D eigenvalue weighted by Crippen LogP contribution is 1.98. The van der Waals surface area contributed by atoms with Crippen LogP contribution in [0.2, 0.25) is 0 Å². The van der Waals surface area contributed by atoms with Gasteiger partial charge in [0, 0.05) is 18.2 Å². The maximum atomic E-state index is 11.6. The summed E-state index contributed by atoms with van der Waals surface area (Å²) >= 11 is 0. The van der Waals surface area contributed by atoms with E-state index in [1.807, 2.05) is 32.2 Å². The summed E-state index contributed by atoms with van der Waals surface area (Å²) in [5.41, 5.74) is 0.704. The average molecular weight is 192 g/mol. The molecule has 0 aliphatic rings. The Kier molecular flexibility index (Phi) is 4.13. The maximum absolute atomic E-state index is 11.6. The van der Waals surface area contributed by atoms with Gasteiger partial charge in [0.15, 0.2) is 0 Å². The van der Waals surface area contributed by atoms with Crippen molar-refractivity contribution in [2.75, 3.05) is 13.6 Å². The zero-order valence-electron chi connectivity index (χ0n) is 8.58. The van der Waals surface area contributed by atoms with Crippen LogP contribution in [-0.4, -0.2) is 25.5 Å². The van der Waals surface area contributed by atoms with Crippen LogP contribution in [0.4, 0.5) is 0 Å². The highest BCUT2D eigenvalue weighted by molar-refractivity contribution is 5.94. The molecule has 1 aromatic carbocycles. The first-order chi connectivity index (χ1) is 6.74. The Morgan fingerprint density at radius 1 is 1.36 bits per heavy atom. The monoisotopic (exact) mass is 192 g/mol. The first-order valence-electron chi connectivity index (χ1n) is 4.74. The maximum Gasteiger partial charge on any atom is 0.251 e. The molecule has 1 rings (SSSR count). The van der Waals surface area contributed by atoms with Crippen LogP contribution in [0.5, 0.6) is 0 Å². The summed E-state index contributed by atoms with van der Waals surface area (Å²) in [6.07, 6.45) is 0. The van der Waals surface area contributed by atoms with Crippen molar-refractivity contribution in [1.82, 2.24) is 10.6 Å². The molecule has 0 heterocycles. The van der Waals surface area contributed by atoms with Gasteiger partial charge in [0.05, 0.1) is 0 Å². The van der Waals surface area contributed by atoms with Crippen molar-refractivity contribution in [3.05, 3.63) is 35.9 Å². The van der Waals surface area contributed by atoms with Gasteiger partial charge < -0.3 is 10.6 Å². The van der Waals surface area contributed by atoms with Gasteiger partial charge in [-0.3, -0.25) is 4.79 Å². The quantitative estimate of drug-likeness (QED) is 0.748. The van der Waals surface area contributed by atoms with Crippen molar-refractivity contribution in [2.24, 2.45) is 0 Å². The van der Waals surface area contributed by atoms with Crippen molar-refractivity contribution in [3.8, 4) is 0 Å². The smallest absolute Gasteiger partial charge is 0.251 e. The number of hydrogen-bond donors (Lipinski definition) is 2. The molecule has 0 fully saturated rings. The van der Waals surface area contributed by atoms with Crippen molar-refractivity contribution < 1.29 is 4.79 Å². The van der Waals surface area contributed by atoms with Crippen molar-refractivity contribution >= 4 is 5.91 Å². The zero-order chi connectivity index (χ0) is 10.4. The number of carbonyl (C=O) groups is 1. The molecule has 2 N–H and O–H groups in total. The van der Waals surface area contributed by atoms with Gasteiger partial charge in [0.2, 0.25) is 0 Å². The lowest BCUT2D eigenvalue weighted by Gasteiger charge is -2.12. The second-order valence-corrected chi connectivity index (χ2v) is 3.30. The van der Waals surface area contributed by atoms with Gasteiger partial charge >= 0.3 is 0 Å². The summed E-state index contributed by atoms with van der Waals surface area (Å²) in [6.45, 7) is 2.75. The summed E-state index contributed by atoms with van der Waals surface area (Å²) in [5, 5.41) is 5.91. The fourth-order valence-corrected chi connectivity index (χ4v) is 1.25. The lowest BCUT2D eigenvalue weighted by molar-refractivity contribution is 0.0940. The highest BCUT2D eigenvalue weighted by atomic mass is 16.1. The zero-order valence-corrected chi connectivity index (χ0v) is 8.58. The third-order valence-corrected chi connectivity index (χ3v) is 1.92. The molecule has 0 bridgehead atoms. The van der Waals surface area contributed by atoms with Gasteiger partial charge in [-0.25, -0.2) is 0 Å². The third-order valence-electron chi connectivity index (χ3n) is 1.92. The van der Waals surface area contributed by atoms with Gasteiger partial charge in [0.25, 0.3) is 5.91 Å². The second kappa shape index (κ2) is 5.40. The van der Waals surface area contributed by atoms with E-state index < -0.39 is 0 Å². The fraction of sp³-hybridized carbons (Fsp3) is 0.364. The van der Waals surface area contributed by atoms with Crippen molar-refractivity contribution in [1.29, 1.82) is 0 Å². The number of carbonyl (C=O) groups excluding carboxylic acids is 1. The van der Waals surface area contributed by atoms with Crippen LogP contribution in [-0.2, 0) is 0 Å². The Bertz CT molecular complexity index is 285. The number of rotatable bonds is 4. The van der Waals surface area contributed by atoms with E-state index in [-0.39, 0.29) is 11.9 Å². The third kappa shape index (κ3) is 3.18. The number of amides is 1. The van der Waals surface area contributed by atoms with E-state index in [2.05, 4.69) is 10.6 Å². The molecule has 76 valence electrons. The van der Waals surface area contributed by atoms with Crippen LogP contribution in [0.25, 0.3) is 0 Å². The van der Waals surface area contributed by atoms with Gasteiger partial charge in [0.1, 0.15) is 0 Å². The molecule has 1 aromatic rings. The predicted molar refractivity (Wildman–Crippen MR) is 57.3 cm³/mol. The summed E-state index contributed by atoms with van der Waals surface area (Å²) in [6, 6.07) is 9.37. The standard InChI is InChI=1S/C11H16N2O/c1-9(8-12-2)13-11(14)10-6-4-3-5-7-10/h3-7,9,12H,8H2,1-2H3,(H,13,14). The summed E-state index contributed by atoms with van der Waals surface area (Å²) < 4.78 is 0. The number of benzene rings is 1. The molecule has 0 aliphatic carbocycles. The van der Waals surface area contributed by atoms with E-state index in [1.54, 1.807) is 12.1 Å². The molecule has 1 amide bonds. The Hall–Kier alpha value is -1.35. The predicted octanol–water partition coefficient (Wildman–Crippen LogP) is 1.02. The number of nitrogens with one attached hydrogen (secondary N) is 2. The average Bonchev–Trinajstić information content (AvgIpc) is 2.19. The Morgan fingerprint density at radius 2 is 2.00 bits per heavy atom. The molecule has 14 heavy (non-hydrogen) atoms. The van der Waals surface area contributed by atoms with E-state index >= 15 is 0 Å². The van der Waals surface area contributed by atoms with Crippen LogP contribution in [0.3, 0.4) is 0 Å². The van der Waals surface area contributed by atoms with Gasteiger partial charge in [-0.2, -0.15) is 0 Å². The molecule has 0 aromatic heterocycles. The van der Waals surface area contributed by atoms with E-state index in [0.717, 1.165) is 6.54 Å². The van der Waals surface area contributed by atoms with E-state index in [9.17, 15) is 4.79 Å². The Balaban J connectivity index is 2.51. The summed E-state index contributed by atoms with van der Waals surface area (Å²) in [5.74, 6) is -0.0200. The van der Waals surface area contributed by atoms with Crippen LogP contribution >= 0.6 is 0 Å². The molecular weight excluding hydrogens is 176 g/mol. The lowest BCUT2D eigenvalue weighted by atomic mass is 10.2. The van der Waals surface area contributed by atoms with Gasteiger partial charge in [-0.05, 0) is 26.1 Å². The molecule has 0 saturated carbocycles. The Morgan fingerprint density at radius 3 is 2.57 bits per heavy atom. The lowest BCUT2D eigenvalue weighted by Crippen LogP contribution is -2.38. The van der Waals surface area contributed by atoms with Gasteiger partial charge in [-0.1, -0.05) is 18.2 Å². The normalized spacial score (nSPS) is 12.1. The molecule has 0 aliphatic heterocycles. The van der Waals surface area contributed by atoms with Crippen molar-refractivity contribution in [3.63, 3.8) is 0 Å².